The fourth-order valence-corrected chi connectivity index (χ4v) is 6.13. The molecule has 0 unspecified atom stereocenters. The molecule has 47 heavy (non-hydrogen) atoms. The molecule has 0 saturated heterocycles. The standard InChI is InChI=1S/C33H32N6O7S/c1-24-32(33(42)39(37(24)2)26-10-5-3-6-11-26)38(47(43,44)29-13-7-4-8-14-29)22-30(40)36-35-20-25-15-17-27(18-16-25)46-23-31(41)34-21-28-12-9-19-45-28/h3-20H,21-23H2,1-2H3,(H,34,41)(H,36,40)/b35-20+. The second-order valence-electron chi connectivity index (χ2n) is 10.2. The second-order valence-corrected chi connectivity index (χ2v) is 12.1. The number of furan rings is 1. The first-order valence-corrected chi connectivity index (χ1v) is 15.8. The number of amides is 2. The van der Waals surface area contributed by atoms with E-state index in [1.807, 2.05) is 0 Å². The zero-order chi connectivity index (χ0) is 33.4. The molecule has 2 heterocycles. The number of anilines is 1. The van der Waals surface area contributed by atoms with Crippen LogP contribution in [0, 0.1) is 6.92 Å². The van der Waals surface area contributed by atoms with Crippen molar-refractivity contribution in [3.8, 4) is 11.4 Å². The zero-order valence-corrected chi connectivity index (χ0v) is 26.4. The molecule has 3 aromatic carbocycles. The van der Waals surface area contributed by atoms with Gasteiger partial charge in [0.25, 0.3) is 27.4 Å². The van der Waals surface area contributed by atoms with Gasteiger partial charge in [0.1, 0.15) is 23.7 Å². The van der Waals surface area contributed by atoms with Crippen LogP contribution >= 0.6 is 0 Å². The molecule has 5 aromatic rings. The van der Waals surface area contributed by atoms with E-state index in [0.29, 0.717) is 28.5 Å². The molecule has 5 rings (SSSR count). The van der Waals surface area contributed by atoms with E-state index in [1.165, 1.54) is 34.0 Å². The highest BCUT2D eigenvalue weighted by molar-refractivity contribution is 7.92. The predicted molar refractivity (Wildman–Crippen MR) is 175 cm³/mol. The van der Waals surface area contributed by atoms with Crippen molar-refractivity contribution in [3.63, 3.8) is 0 Å². The van der Waals surface area contributed by atoms with Gasteiger partial charge >= 0.3 is 0 Å². The van der Waals surface area contributed by atoms with Crippen molar-refractivity contribution < 1.29 is 27.2 Å². The van der Waals surface area contributed by atoms with Gasteiger partial charge in [0.05, 0.1) is 35.3 Å². The van der Waals surface area contributed by atoms with Crippen molar-refractivity contribution in [2.24, 2.45) is 12.1 Å². The summed E-state index contributed by atoms with van der Waals surface area (Å²) in [7, 11) is -2.70. The van der Waals surface area contributed by atoms with E-state index in [9.17, 15) is 22.8 Å². The van der Waals surface area contributed by atoms with Gasteiger partial charge in [-0.1, -0.05) is 36.4 Å². The number of hydrogen-bond donors (Lipinski definition) is 2. The fourth-order valence-electron chi connectivity index (χ4n) is 4.64. The second kappa shape index (κ2) is 14.5. The Labute approximate surface area is 270 Å². The minimum absolute atomic E-state index is 0.0810. The maximum atomic E-state index is 13.9. The van der Waals surface area contributed by atoms with Crippen molar-refractivity contribution in [2.75, 3.05) is 17.5 Å². The summed E-state index contributed by atoms with van der Waals surface area (Å²) in [6.07, 6.45) is 2.89. The molecule has 14 heteroatoms. The van der Waals surface area contributed by atoms with E-state index >= 15 is 0 Å². The Kier molecular flexibility index (Phi) is 10.0. The molecule has 0 aliphatic rings. The summed E-state index contributed by atoms with van der Waals surface area (Å²) in [6, 6.07) is 26.4. The molecule has 0 atom stereocenters. The van der Waals surface area contributed by atoms with Crippen LogP contribution in [0.3, 0.4) is 0 Å². The summed E-state index contributed by atoms with van der Waals surface area (Å²) in [5, 5.41) is 6.65. The monoisotopic (exact) mass is 656 g/mol. The Morgan fingerprint density at radius 3 is 2.28 bits per heavy atom. The SMILES string of the molecule is Cc1c(N(CC(=O)N/N=C/c2ccc(OCC(=O)NCc3ccco3)cc2)S(=O)(=O)c2ccccc2)c(=O)n(-c2ccccc2)n1C. The molecular formula is C33H32N6O7S. The Balaban J connectivity index is 1.28. The normalized spacial score (nSPS) is 11.4. The third-order valence-electron chi connectivity index (χ3n) is 7.08. The van der Waals surface area contributed by atoms with Crippen LogP contribution in [0.15, 0.2) is 123 Å². The van der Waals surface area contributed by atoms with Crippen molar-refractivity contribution in [3.05, 3.63) is 131 Å². The number of para-hydroxylation sites is 1. The zero-order valence-electron chi connectivity index (χ0n) is 25.6. The summed E-state index contributed by atoms with van der Waals surface area (Å²) in [6.45, 7) is 0.964. The Hall–Kier alpha value is -5.89. The van der Waals surface area contributed by atoms with Crippen LogP contribution in [-0.4, -0.2) is 49.0 Å². The lowest BCUT2D eigenvalue weighted by Gasteiger charge is -2.22. The Bertz CT molecular complexity index is 2020. The highest BCUT2D eigenvalue weighted by Crippen LogP contribution is 2.25. The first kappa shape index (κ1) is 32.5. The number of carbonyl (C=O) groups excluding carboxylic acids is 2. The number of nitrogens with zero attached hydrogens (tertiary/aromatic N) is 4. The van der Waals surface area contributed by atoms with Crippen LogP contribution in [0.1, 0.15) is 17.0 Å². The molecule has 0 radical (unpaired) electrons. The van der Waals surface area contributed by atoms with Crippen molar-refractivity contribution in [2.45, 2.75) is 18.4 Å². The third-order valence-corrected chi connectivity index (χ3v) is 8.84. The molecular weight excluding hydrogens is 624 g/mol. The number of carbonyl (C=O) groups is 2. The maximum Gasteiger partial charge on any atom is 0.296 e. The van der Waals surface area contributed by atoms with E-state index in [2.05, 4.69) is 15.8 Å². The highest BCUT2D eigenvalue weighted by Gasteiger charge is 2.33. The number of sulfonamides is 1. The third kappa shape index (κ3) is 7.68. The summed E-state index contributed by atoms with van der Waals surface area (Å²) >= 11 is 0. The van der Waals surface area contributed by atoms with Crippen LogP contribution < -0.4 is 25.3 Å². The maximum absolute atomic E-state index is 13.9. The Morgan fingerprint density at radius 2 is 1.62 bits per heavy atom. The van der Waals surface area contributed by atoms with Gasteiger partial charge in [0.2, 0.25) is 0 Å². The first-order chi connectivity index (χ1) is 22.6. The number of hydrazone groups is 1. The van der Waals surface area contributed by atoms with Gasteiger partial charge in [0.15, 0.2) is 6.61 Å². The van der Waals surface area contributed by atoms with E-state index in [0.717, 1.165) is 4.31 Å². The largest absolute Gasteiger partial charge is 0.484 e. The van der Waals surface area contributed by atoms with Gasteiger partial charge < -0.3 is 14.5 Å². The molecule has 0 aliphatic heterocycles. The average Bonchev–Trinajstić information content (AvgIpc) is 3.68. The highest BCUT2D eigenvalue weighted by atomic mass is 32.2. The van der Waals surface area contributed by atoms with Crippen molar-refractivity contribution in [1.82, 2.24) is 20.1 Å². The van der Waals surface area contributed by atoms with Crippen LogP contribution in [0.5, 0.6) is 5.75 Å². The van der Waals surface area contributed by atoms with E-state index in [-0.39, 0.29) is 29.6 Å². The van der Waals surface area contributed by atoms with Crippen LogP contribution in [0.25, 0.3) is 5.69 Å². The van der Waals surface area contributed by atoms with Gasteiger partial charge in [-0.3, -0.25) is 19.1 Å². The summed E-state index contributed by atoms with van der Waals surface area (Å²) in [5.41, 5.74) is 3.04. The van der Waals surface area contributed by atoms with Gasteiger partial charge in [0, 0.05) is 7.05 Å². The molecule has 0 aliphatic carbocycles. The summed E-state index contributed by atoms with van der Waals surface area (Å²) < 4.78 is 42.1. The number of benzene rings is 3. The van der Waals surface area contributed by atoms with Gasteiger partial charge in [-0.2, -0.15) is 5.10 Å². The van der Waals surface area contributed by atoms with Gasteiger partial charge in [-0.05, 0) is 73.2 Å². The lowest BCUT2D eigenvalue weighted by Crippen LogP contribution is -2.42. The molecule has 13 nitrogen and oxygen atoms in total. The minimum atomic E-state index is -4.34. The minimum Gasteiger partial charge on any atom is -0.484 e. The molecule has 0 bridgehead atoms. The number of rotatable bonds is 13. The van der Waals surface area contributed by atoms with E-state index < -0.39 is 28.0 Å². The average molecular weight is 657 g/mol. The first-order valence-electron chi connectivity index (χ1n) is 14.4. The number of aromatic nitrogens is 2. The lowest BCUT2D eigenvalue weighted by molar-refractivity contribution is -0.123. The molecule has 2 amide bonds. The molecule has 0 spiro atoms. The van der Waals surface area contributed by atoms with Crippen LogP contribution in [0.4, 0.5) is 5.69 Å². The molecule has 2 N–H and O–H groups in total. The van der Waals surface area contributed by atoms with Crippen LogP contribution in [-0.2, 0) is 33.2 Å². The predicted octanol–water partition coefficient (Wildman–Crippen LogP) is 3.12. The van der Waals surface area contributed by atoms with Crippen molar-refractivity contribution in [1.29, 1.82) is 0 Å². The van der Waals surface area contributed by atoms with Crippen molar-refractivity contribution >= 4 is 33.7 Å². The smallest absolute Gasteiger partial charge is 0.296 e. The van der Waals surface area contributed by atoms with E-state index in [4.69, 9.17) is 9.15 Å². The summed E-state index contributed by atoms with van der Waals surface area (Å²) in [5.74, 6) is -0.0143. The molecule has 0 fully saturated rings. The van der Waals surface area contributed by atoms with E-state index in [1.54, 1.807) is 98.9 Å². The van der Waals surface area contributed by atoms with Gasteiger partial charge in [-0.25, -0.2) is 22.8 Å². The van der Waals surface area contributed by atoms with Gasteiger partial charge in [-0.15, -0.1) is 0 Å². The number of hydrogen-bond acceptors (Lipinski definition) is 8. The lowest BCUT2D eigenvalue weighted by atomic mass is 10.2. The molecule has 242 valence electrons. The number of ether oxygens (including phenoxy) is 1. The quantitative estimate of drug-likeness (QED) is 0.146. The topological polar surface area (TPSA) is 157 Å². The Morgan fingerprint density at radius 1 is 0.936 bits per heavy atom. The van der Waals surface area contributed by atoms with Crippen LogP contribution in [0.2, 0.25) is 0 Å². The molecule has 0 saturated carbocycles. The molecule has 2 aromatic heterocycles. The summed E-state index contributed by atoms with van der Waals surface area (Å²) in [4.78, 5) is 38.8. The fraction of sp³-hybridized carbons (Fsp3) is 0.152. The number of nitrogens with one attached hydrogen (secondary N) is 2.